The molecule has 4 heteroatoms. The van der Waals surface area contributed by atoms with Gasteiger partial charge in [-0.05, 0) is 35.9 Å². The van der Waals surface area contributed by atoms with Crippen LogP contribution in [0.1, 0.15) is 5.56 Å². The summed E-state index contributed by atoms with van der Waals surface area (Å²) in [6.45, 7) is 0. The molecule has 0 radical (unpaired) electrons. The molecule has 0 aliphatic carbocycles. The van der Waals surface area contributed by atoms with Crippen LogP contribution in [0.15, 0.2) is 54.3 Å². The molecule has 0 aromatic heterocycles. The summed E-state index contributed by atoms with van der Waals surface area (Å²) in [6, 6.07) is 14.9. The molecule has 1 aliphatic heterocycles. The molecule has 1 amide bonds. The van der Waals surface area contributed by atoms with E-state index >= 15 is 0 Å². The Morgan fingerprint density at radius 1 is 1.10 bits per heavy atom. The number of anilines is 1. The number of carbonyl (C=O) groups excluding carboxylic acids is 1. The van der Waals surface area contributed by atoms with Gasteiger partial charge in [-0.2, -0.15) is 0 Å². The minimum absolute atomic E-state index is 0.162. The van der Waals surface area contributed by atoms with Gasteiger partial charge >= 0.3 is 0 Å². The van der Waals surface area contributed by atoms with E-state index in [-0.39, 0.29) is 5.91 Å². The first-order valence-corrected chi connectivity index (χ1v) is 6.60. The predicted octanol–water partition coefficient (Wildman–Crippen LogP) is 3.09. The van der Waals surface area contributed by atoms with Crippen LogP contribution < -0.4 is 14.4 Å². The number of para-hydroxylation sites is 2. The molecular weight excluding hydrogens is 266 g/mol. The molecule has 4 nitrogen and oxygen atoms in total. The molecule has 0 fully saturated rings. The number of ether oxygens (including phenoxy) is 2. The lowest BCUT2D eigenvalue weighted by Gasteiger charge is -2.27. The molecule has 0 atom stereocenters. The number of hydrogen-bond donors (Lipinski definition) is 0. The molecular formula is C17H15NO3. The second-order valence-corrected chi connectivity index (χ2v) is 4.72. The Labute approximate surface area is 123 Å². The quantitative estimate of drug-likeness (QED) is 0.794. The molecule has 0 N–H and O–H groups in total. The van der Waals surface area contributed by atoms with Gasteiger partial charge in [-0.3, -0.25) is 4.79 Å². The maximum atomic E-state index is 12.3. The number of likely N-dealkylation sites (N-methyl/N-ethyl adjacent to an activating group) is 1. The number of amides is 1. The molecule has 2 aromatic rings. The molecule has 1 aliphatic rings. The first-order chi connectivity index (χ1) is 10.2. The summed E-state index contributed by atoms with van der Waals surface area (Å²) < 4.78 is 10.8. The normalized spacial score (nSPS) is 15.6. The van der Waals surface area contributed by atoms with Crippen molar-refractivity contribution in [3.05, 3.63) is 59.9 Å². The Hall–Kier alpha value is -2.75. The highest BCUT2D eigenvalue weighted by molar-refractivity contribution is 6.09. The number of carbonyl (C=O) groups is 1. The van der Waals surface area contributed by atoms with Crippen LogP contribution in [-0.2, 0) is 4.79 Å². The average Bonchev–Trinajstić information content (AvgIpc) is 2.53. The highest BCUT2D eigenvalue weighted by Gasteiger charge is 2.26. The van der Waals surface area contributed by atoms with Crippen molar-refractivity contribution in [3.63, 3.8) is 0 Å². The third-order valence-corrected chi connectivity index (χ3v) is 3.38. The molecule has 1 heterocycles. The van der Waals surface area contributed by atoms with Crippen molar-refractivity contribution in [2.24, 2.45) is 0 Å². The van der Waals surface area contributed by atoms with Crippen molar-refractivity contribution in [1.29, 1.82) is 0 Å². The number of fused-ring (bicyclic) bond motifs is 1. The van der Waals surface area contributed by atoms with E-state index in [1.807, 2.05) is 48.5 Å². The van der Waals surface area contributed by atoms with Crippen molar-refractivity contribution in [2.75, 3.05) is 19.1 Å². The van der Waals surface area contributed by atoms with Gasteiger partial charge in [0.1, 0.15) is 5.75 Å². The van der Waals surface area contributed by atoms with Crippen molar-refractivity contribution in [1.82, 2.24) is 0 Å². The number of rotatable bonds is 2. The highest BCUT2D eigenvalue weighted by atomic mass is 16.5. The van der Waals surface area contributed by atoms with Crippen LogP contribution >= 0.6 is 0 Å². The Bertz CT molecular complexity index is 704. The summed E-state index contributed by atoms with van der Waals surface area (Å²) in [4.78, 5) is 13.9. The van der Waals surface area contributed by atoms with Gasteiger partial charge < -0.3 is 14.4 Å². The fourth-order valence-electron chi connectivity index (χ4n) is 2.20. The largest absolute Gasteiger partial charge is 0.497 e. The van der Waals surface area contributed by atoms with Crippen molar-refractivity contribution >= 4 is 17.7 Å². The van der Waals surface area contributed by atoms with Gasteiger partial charge in [0.15, 0.2) is 11.5 Å². The van der Waals surface area contributed by atoms with E-state index in [0.717, 1.165) is 17.0 Å². The van der Waals surface area contributed by atoms with E-state index < -0.39 is 0 Å². The third-order valence-electron chi connectivity index (χ3n) is 3.38. The second-order valence-electron chi connectivity index (χ2n) is 4.72. The van der Waals surface area contributed by atoms with Gasteiger partial charge in [-0.25, -0.2) is 0 Å². The van der Waals surface area contributed by atoms with Gasteiger partial charge in [-0.15, -0.1) is 0 Å². The van der Waals surface area contributed by atoms with Crippen molar-refractivity contribution in [2.45, 2.75) is 0 Å². The molecule has 0 bridgehead atoms. The Morgan fingerprint density at radius 2 is 1.81 bits per heavy atom. The van der Waals surface area contributed by atoms with Gasteiger partial charge in [0.05, 0.1) is 12.8 Å². The number of benzene rings is 2. The van der Waals surface area contributed by atoms with Crippen molar-refractivity contribution in [3.8, 4) is 11.5 Å². The molecule has 2 aromatic carbocycles. The first kappa shape index (κ1) is 13.2. The van der Waals surface area contributed by atoms with Gasteiger partial charge in [-0.1, -0.05) is 24.3 Å². The topological polar surface area (TPSA) is 38.8 Å². The molecule has 21 heavy (non-hydrogen) atoms. The summed E-state index contributed by atoms with van der Waals surface area (Å²) in [5, 5.41) is 0. The van der Waals surface area contributed by atoms with Crippen LogP contribution in [0.3, 0.4) is 0 Å². The van der Waals surface area contributed by atoms with Gasteiger partial charge in [0.2, 0.25) is 0 Å². The predicted molar refractivity (Wildman–Crippen MR) is 81.5 cm³/mol. The molecule has 106 valence electrons. The summed E-state index contributed by atoms with van der Waals surface area (Å²) >= 11 is 0. The third kappa shape index (κ3) is 2.48. The fraction of sp³-hybridized carbons (Fsp3) is 0.118. The zero-order chi connectivity index (χ0) is 14.8. The zero-order valence-corrected chi connectivity index (χ0v) is 11.9. The Balaban J connectivity index is 1.95. The number of nitrogens with zero attached hydrogens (tertiary/aromatic N) is 1. The van der Waals surface area contributed by atoms with E-state index in [9.17, 15) is 4.79 Å². The van der Waals surface area contributed by atoms with Gasteiger partial charge in [0, 0.05) is 7.05 Å². The van der Waals surface area contributed by atoms with E-state index in [0.29, 0.717) is 11.5 Å². The van der Waals surface area contributed by atoms with Crippen LogP contribution in [0.5, 0.6) is 11.5 Å². The molecule has 0 unspecified atom stereocenters. The maximum absolute atomic E-state index is 12.3. The maximum Gasteiger partial charge on any atom is 0.293 e. The zero-order valence-electron chi connectivity index (χ0n) is 11.9. The molecule has 0 saturated heterocycles. The lowest BCUT2D eigenvalue weighted by Crippen LogP contribution is -2.33. The van der Waals surface area contributed by atoms with Crippen LogP contribution in [0.25, 0.3) is 6.08 Å². The lowest BCUT2D eigenvalue weighted by molar-refractivity contribution is -0.117. The Kier molecular flexibility index (Phi) is 3.36. The molecule has 0 saturated carbocycles. The molecule has 0 spiro atoms. The van der Waals surface area contributed by atoms with Crippen molar-refractivity contribution < 1.29 is 14.3 Å². The minimum Gasteiger partial charge on any atom is -0.497 e. The molecule has 3 rings (SSSR count). The number of hydrogen-bond acceptors (Lipinski definition) is 3. The SMILES string of the molecule is COc1ccc(/C=C2\Oc3ccccc3N(C)C2=O)cc1. The second kappa shape index (κ2) is 5.32. The monoisotopic (exact) mass is 281 g/mol. The standard InChI is InChI=1S/C17H15NO3/c1-18-14-5-3-4-6-15(14)21-16(17(18)19)11-12-7-9-13(20-2)10-8-12/h3-11H,1-2H3/b16-11-. The summed E-state index contributed by atoms with van der Waals surface area (Å²) in [7, 11) is 3.36. The number of methoxy groups -OCH3 is 1. The summed E-state index contributed by atoms with van der Waals surface area (Å²) in [5.41, 5.74) is 1.65. The van der Waals surface area contributed by atoms with E-state index in [2.05, 4.69) is 0 Å². The smallest absolute Gasteiger partial charge is 0.293 e. The van der Waals surface area contributed by atoms with Gasteiger partial charge in [0.25, 0.3) is 5.91 Å². The first-order valence-electron chi connectivity index (χ1n) is 6.60. The van der Waals surface area contributed by atoms with E-state index in [4.69, 9.17) is 9.47 Å². The Morgan fingerprint density at radius 3 is 2.52 bits per heavy atom. The summed E-state index contributed by atoms with van der Waals surface area (Å²) in [5.74, 6) is 1.60. The highest BCUT2D eigenvalue weighted by Crippen LogP contribution is 2.34. The van der Waals surface area contributed by atoms with Crippen LogP contribution in [-0.4, -0.2) is 20.1 Å². The minimum atomic E-state index is -0.162. The average molecular weight is 281 g/mol. The van der Waals surface area contributed by atoms with E-state index in [1.165, 1.54) is 0 Å². The lowest BCUT2D eigenvalue weighted by atomic mass is 10.1. The van der Waals surface area contributed by atoms with Crippen LogP contribution in [0.2, 0.25) is 0 Å². The summed E-state index contributed by atoms with van der Waals surface area (Å²) in [6.07, 6.45) is 1.73. The van der Waals surface area contributed by atoms with Crippen LogP contribution in [0.4, 0.5) is 5.69 Å². The van der Waals surface area contributed by atoms with Crippen LogP contribution in [0, 0.1) is 0 Å². The van der Waals surface area contributed by atoms with E-state index in [1.54, 1.807) is 25.1 Å². The fourth-order valence-corrected chi connectivity index (χ4v) is 2.20.